The Morgan fingerprint density at radius 2 is 0.905 bits per heavy atom. The molecule has 0 heterocycles. The van der Waals surface area contributed by atoms with Crippen LogP contribution in [0.4, 0.5) is 0 Å². The molecule has 0 aliphatic carbocycles. The minimum Gasteiger partial charge on any atom is -0.379 e. The van der Waals surface area contributed by atoms with Crippen LogP contribution in [0.15, 0.2) is 0 Å². The van der Waals surface area contributed by atoms with Gasteiger partial charge in [0.2, 0.25) is 0 Å². The predicted octanol–water partition coefficient (Wildman–Crippen LogP) is 2.26. The molecule has 0 spiro atoms. The largest absolute Gasteiger partial charge is 0.379 e. The molecule has 5 nitrogen and oxygen atoms in total. The fraction of sp³-hybridized carbons (Fsp3) is 1.00. The van der Waals surface area contributed by atoms with E-state index in [1.165, 1.54) is 0 Å². The molecule has 0 fully saturated rings. The predicted molar refractivity (Wildman–Crippen MR) is 85.0 cm³/mol. The summed E-state index contributed by atoms with van der Waals surface area (Å²) in [5.41, 5.74) is 0. The molecule has 1 radical (unpaired) electrons. The van der Waals surface area contributed by atoms with E-state index in [1.54, 1.807) is 0 Å². The van der Waals surface area contributed by atoms with Gasteiger partial charge in [-0.25, -0.2) is 5.32 Å². The lowest BCUT2D eigenvalue weighted by atomic mass is 10.4. The second-order valence-electron chi connectivity index (χ2n) is 4.83. The van der Waals surface area contributed by atoms with Crippen molar-refractivity contribution >= 4 is 0 Å². The summed E-state index contributed by atoms with van der Waals surface area (Å²) in [6, 6.07) is 0. The summed E-state index contributed by atoms with van der Waals surface area (Å²) in [5, 5.41) is 4.44. The van der Waals surface area contributed by atoms with Crippen molar-refractivity contribution in [2.24, 2.45) is 0 Å². The molecule has 5 heteroatoms. The zero-order chi connectivity index (χ0) is 15.4. The van der Waals surface area contributed by atoms with Crippen molar-refractivity contribution in [2.75, 3.05) is 65.9 Å². The van der Waals surface area contributed by atoms with E-state index in [0.717, 1.165) is 65.2 Å². The smallest absolute Gasteiger partial charge is 0.0700 e. The third-order valence-corrected chi connectivity index (χ3v) is 2.65. The van der Waals surface area contributed by atoms with Crippen LogP contribution in [-0.4, -0.2) is 65.9 Å². The third kappa shape index (κ3) is 19.8. The Morgan fingerprint density at radius 3 is 1.29 bits per heavy atom. The normalized spacial score (nSPS) is 11.1. The van der Waals surface area contributed by atoms with Gasteiger partial charge >= 0.3 is 0 Å². The summed E-state index contributed by atoms with van der Waals surface area (Å²) >= 11 is 0. The molecule has 0 aliphatic heterocycles. The highest BCUT2D eigenvalue weighted by Gasteiger charge is 1.93. The molecule has 0 aromatic rings. The lowest BCUT2D eigenvalue weighted by molar-refractivity contribution is 0.0455. The lowest BCUT2D eigenvalue weighted by Gasteiger charge is -2.06. The van der Waals surface area contributed by atoms with Gasteiger partial charge < -0.3 is 18.9 Å². The highest BCUT2D eigenvalue weighted by molar-refractivity contribution is 4.47. The Bertz CT molecular complexity index is 164. The highest BCUT2D eigenvalue weighted by atomic mass is 16.5. The zero-order valence-electron chi connectivity index (χ0n) is 14.0. The molecular weight excluding hydrogens is 270 g/mol. The average Bonchev–Trinajstić information content (AvgIpc) is 2.50. The molecule has 0 rings (SSSR count). The second-order valence-corrected chi connectivity index (χ2v) is 4.83. The number of nitrogens with zero attached hydrogens (tertiary/aromatic N) is 1. The number of hydrogen-bond donors (Lipinski definition) is 0. The van der Waals surface area contributed by atoms with Crippen molar-refractivity contribution in [1.29, 1.82) is 0 Å². The summed E-state index contributed by atoms with van der Waals surface area (Å²) in [4.78, 5) is 0. The Morgan fingerprint density at radius 1 is 0.524 bits per heavy atom. The Balaban J connectivity index is 2.90. The van der Waals surface area contributed by atoms with E-state index < -0.39 is 0 Å². The van der Waals surface area contributed by atoms with Crippen molar-refractivity contribution < 1.29 is 18.9 Å². The van der Waals surface area contributed by atoms with Gasteiger partial charge in [-0.05, 0) is 25.7 Å². The van der Waals surface area contributed by atoms with Crippen molar-refractivity contribution in [3.8, 4) is 0 Å². The van der Waals surface area contributed by atoms with E-state index in [2.05, 4.69) is 19.2 Å². The van der Waals surface area contributed by atoms with E-state index >= 15 is 0 Å². The Labute approximate surface area is 130 Å². The van der Waals surface area contributed by atoms with Gasteiger partial charge in [0.05, 0.1) is 26.4 Å². The van der Waals surface area contributed by atoms with Crippen LogP contribution in [-0.2, 0) is 18.9 Å². The zero-order valence-corrected chi connectivity index (χ0v) is 14.0. The van der Waals surface area contributed by atoms with Gasteiger partial charge in [0.25, 0.3) is 0 Å². The number of rotatable bonds is 18. The first-order valence-electron chi connectivity index (χ1n) is 8.36. The van der Waals surface area contributed by atoms with Crippen LogP contribution in [0.3, 0.4) is 0 Å². The van der Waals surface area contributed by atoms with E-state index in [0.29, 0.717) is 26.4 Å². The van der Waals surface area contributed by atoms with Gasteiger partial charge in [-0.1, -0.05) is 13.8 Å². The van der Waals surface area contributed by atoms with E-state index in [1.807, 2.05) is 0 Å². The molecule has 0 aromatic carbocycles. The molecule has 127 valence electrons. The van der Waals surface area contributed by atoms with Crippen LogP contribution >= 0.6 is 0 Å². The minimum atomic E-state index is 0.688. The molecule has 0 atom stereocenters. The Hall–Kier alpha value is -0.200. The molecule has 0 amide bonds. The van der Waals surface area contributed by atoms with Crippen LogP contribution in [0.5, 0.6) is 0 Å². The summed E-state index contributed by atoms with van der Waals surface area (Å²) in [6.07, 6.45) is 4.10. The van der Waals surface area contributed by atoms with Gasteiger partial charge in [0, 0.05) is 39.5 Å². The van der Waals surface area contributed by atoms with Crippen molar-refractivity contribution in [2.45, 2.75) is 39.5 Å². The fourth-order valence-electron chi connectivity index (χ4n) is 1.60. The van der Waals surface area contributed by atoms with Crippen LogP contribution in [0.2, 0.25) is 0 Å². The maximum Gasteiger partial charge on any atom is 0.0700 e. The Kier molecular flexibility index (Phi) is 19.6. The van der Waals surface area contributed by atoms with Gasteiger partial charge in [0.15, 0.2) is 0 Å². The first kappa shape index (κ1) is 20.8. The molecule has 0 saturated carbocycles. The summed E-state index contributed by atoms with van der Waals surface area (Å²) < 4.78 is 21.5. The van der Waals surface area contributed by atoms with E-state index in [-0.39, 0.29) is 0 Å². The molecule has 0 unspecified atom stereocenters. The minimum absolute atomic E-state index is 0.688. The van der Waals surface area contributed by atoms with Gasteiger partial charge in [-0.15, -0.1) is 0 Å². The lowest BCUT2D eigenvalue weighted by Crippen LogP contribution is -2.14. The monoisotopic (exact) mass is 304 g/mol. The molecular formula is C16H34NO4. The second kappa shape index (κ2) is 19.8. The summed E-state index contributed by atoms with van der Waals surface area (Å²) in [5.74, 6) is 0. The number of ether oxygens (including phenoxy) is 4. The number of hydrogen-bond acceptors (Lipinski definition) is 4. The van der Waals surface area contributed by atoms with Crippen LogP contribution < -0.4 is 5.32 Å². The molecule has 0 bridgehead atoms. The highest BCUT2D eigenvalue weighted by Crippen LogP contribution is 1.87. The molecule has 21 heavy (non-hydrogen) atoms. The van der Waals surface area contributed by atoms with Crippen molar-refractivity contribution in [3.63, 3.8) is 0 Å². The van der Waals surface area contributed by atoms with Gasteiger partial charge in [-0.2, -0.15) is 0 Å². The maximum absolute atomic E-state index is 5.45. The molecule has 0 aliphatic rings. The molecule has 0 saturated heterocycles. The van der Waals surface area contributed by atoms with Crippen LogP contribution in [0.1, 0.15) is 39.5 Å². The first-order valence-corrected chi connectivity index (χ1v) is 8.36. The first-order chi connectivity index (χ1) is 10.4. The topological polar surface area (TPSA) is 51.0 Å². The third-order valence-electron chi connectivity index (χ3n) is 2.65. The standard InChI is InChI=1S/C16H34NO4/c1-3-9-18-13-15-20-11-5-7-17-8-6-12-21-16-14-19-10-4-2/h3-16H2,1-2H3. The molecule has 0 N–H and O–H groups in total. The summed E-state index contributed by atoms with van der Waals surface area (Å²) in [7, 11) is 0. The van der Waals surface area contributed by atoms with E-state index in [9.17, 15) is 0 Å². The van der Waals surface area contributed by atoms with Gasteiger partial charge in [0.1, 0.15) is 0 Å². The van der Waals surface area contributed by atoms with Crippen LogP contribution in [0, 0.1) is 0 Å². The maximum atomic E-state index is 5.45. The fourth-order valence-corrected chi connectivity index (χ4v) is 1.60. The molecule has 0 aromatic heterocycles. The summed E-state index contributed by atoms with van der Waals surface area (Å²) in [6.45, 7) is 11.9. The van der Waals surface area contributed by atoms with E-state index in [4.69, 9.17) is 18.9 Å². The average molecular weight is 304 g/mol. The van der Waals surface area contributed by atoms with Crippen molar-refractivity contribution in [1.82, 2.24) is 5.32 Å². The van der Waals surface area contributed by atoms with Crippen LogP contribution in [0.25, 0.3) is 0 Å². The quantitative estimate of drug-likeness (QED) is 0.364. The SMILES string of the molecule is CCCOCCOCCC[N]CCCOCCOCCC. The van der Waals surface area contributed by atoms with Gasteiger partial charge in [-0.3, -0.25) is 0 Å². The van der Waals surface area contributed by atoms with Crippen molar-refractivity contribution in [3.05, 3.63) is 0 Å².